The Bertz CT molecular complexity index is 1660. The van der Waals surface area contributed by atoms with Crippen LogP contribution in [0.4, 0.5) is 0 Å². The third-order valence-electron chi connectivity index (χ3n) is 11.4. The number of hydrogen-bond donors (Lipinski definition) is 0. The maximum Gasteiger partial charge on any atom is 0.227 e. The number of halogens is 1. The van der Waals surface area contributed by atoms with Crippen LogP contribution in [0.5, 0.6) is 0 Å². The summed E-state index contributed by atoms with van der Waals surface area (Å²) in [5.41, 5.74) is 0.977. The van der Waals surface area contributed by atoms with Gasteiger partial charge in [0.15, 0.2) is 17.2 Å². The van der Waals surface area contributed by atoms with E-state index in [2.05, 4.69) is 10.1 Å². The first-order valence-corrected chi connectivity index (χ1v) is 20.0. The summed E-state index contributed by atoms with van der Waals surface area (Å²) in [7, 11) is 0. The average molecular weight is 746 g/mol. The topological polar surface area (TPSA) is 123 Å². The SMILES string of the molecule is CCC[C@H](CC(=O)[C@@H]1C[C@]2(CC(c3cccc(Cl)c3)=NO2)CN1C(=O)[C@@H](CC(=O)CC1CCCCC1)C(C)(C)C)C(=O)C(=O)CCCc1cccnc1. The minimum atomic E-state index is -0.950. The molecule has 1 amide bonds. The van der Waals surface area contributed by atoms with Crippen LogP contribution in [-0.4, -0.2) is 62.8 Å². The zero-order chi connectivity index (χ0) is 38.2. The number of aryl methyl sites for hydroxylation is 1. The van der Waals surface area contributed by atoms with Gasteiger partial charge in [-0.2, -0.15) is 0 Å². The number of carbonyl (C=O) groups excluding carboxylic acids is 5. The molecular formula is C43H56ClN3O6. The largest absolute Gasteiger partial charge is 0.387 e. The summed E-state index contributed by atoms with van der Waals surface area (Å²) in [4.78, 5) is 81.3. The van der Waals surface area contributed by atoms with Gasteiger partial charge in [0.25, 0.3) is 0 Å². The minimum Gasteiger partial charge on any atom is -0.387 e. The van der Waals surface area contributed by atoms with Crippen molar-refractivity contribution < 1.29 is 28.8 Å². The first-order valence-electron chi connectivity index (χ1n) is 19.6. The number of ketones is 4. The summed E-state index contributed by atoms with van der Waals surface area (Å²) in [5, 5.41) is 4.98. The zero-order valence-electron chi connectivity index (χ0n) is 31.9. The molecule has 1 saturated heterocycles. The Morgan fingerprint density at radius 3 is 2.49 bits per heavy atom. The number of Topliss-reactive ketones (excluding diaryl/α,β-unsaturated/α-hetero) is 4. The molecule has 1 saturated carbocycles. The number of pyridine rings is 1. The third-order valence-corrected chi connectivity index (χ3v) is 11.6. The summed E-state index contributed by atoms with van der Waals surface area (Å²) in [6.07, 6.45) is 12.3. The van der Waals surface area contributed by atoms with Crippen molar-refractivity contribution in [3.8, 4) is 0 Å². The van der Waals surface area contributed by atoms with Crippen molar-refractivity contribution >= 4 is 46.4 Å². The Labute approximate surface area is 319 Å². The summed E-state index contributed by atoms with van der Waals surface area (Å²) in [6, 6.07) is 10.2. The Morgan fingerprint density at radius 2 is 1.81 bits per heavy atom. The third kappa shape index (κ3) is 10.7. The van der Waals surface area contributed by atoms with E-state index in [1.54, 1.807) is 23.4 Å². The molecule has 1 aromatic heterocycles. The van der Waals surface area contributed by atoms with Crippen LogP contribution >= 0.6 is 11.6 Å². The highest BCUT2D eigenvalue weighted by Crippen LogP contribution is 2.43. The summed E-state index contributed by atoms with van der Waals surface area (Å²) in [6.45, 7) is 7.95. The Kier molecular flexibility index (Phi) is 13.8. The summed E-state index contributed by atoms with van der Waals surface area (Å²) >= 11 is 6.29. The molecule has 3 heterocycles. The Balaban J connectivity index is 1.34. The Hall–Kier alpha value is -3.72. The molecule has 2 fully saturated rings. The first-order chi connectivity index (χ1) is 25.3. The highest BCUT2D eigenvalue weighted by molar-refractivity contribution is 6.38. The predicted octanol–water partition coefficient (Wildman–Crippen LogP) is 8.33. The normalized spacial score (nSPS) is 21.6. The lowest BCUT2D eigenvalue weighted by molar-refractivity contribution is -0.147. The molecule has 1 spiro atoms. The van der Waals surface area contributed by atoms with Crippen molar-refractivity contribution in [1.82, 2.24) is 9.88 Å². The van der Waals surface area contributed by atoms with E-state index in [0.29, 0.717) is 55.2 Å². The lowest BCUT2D eigenvalue weighted by atomic mass is 9.75. The van der Waals surface area contributed by atoms with Gasteiger partial charge in [-0.1, -0.05) is 101 Å². The van der Waals surface area contributed by atoms with E-state index < -0.39 is 40.5 Å². The van der Waals surface area contributed by atoms with Crippen molar-refractivity contribution in [2.24, 2.45) is 28.3 Å². The summed E-state index contributed by atoms with van der Waals surface area (Å²) < 4.78 is 0. The van der Waals surface area contributed by atoms with E-state index >= 15 is 0 Å². The molecule has 2 aliphatic heterocycles. The first kappa shape index (κ1) is 40.5. The quantitative estimate of drug-likeness (QED) is 0.149. The maximum atomic E-state index is 14.7. The van der Waals surface area contributed by atoms with E-state index in [9.17, 15) is 24.0 Å². The van der Waals surface area contributed by atoms with E-state index in [1.165, 1.54) is 6.42 Å². The lowest BCUT2D eigenvalue weighted by Gasteiger charge is -2.35. The van der Waals surface area contributed by atoms with Crippen LogP contribution in [0, 0.1) is 23.2 Å². The van der Waals surface area contributed by atoms with Gasteiger partial charge in [0.2, 0.25) is 11.7 Å². The van der Waals surface area contributed by atoms with Crippen LogP contribution in [0.1, 0.15) is 129 Å². The van der Waals surface area contributed by atoms with Gasteiger partial charge in [-0.25, -0.2) is 0 Å². The van der Waals surface area contributed by atoms with Gasteiger partial charge in [-0.15, -0.1) is 0 Å². The highest BCUT2D eigenvalue weighted by Gasteiger charge is 2.55. The molecule has 1 aromatic carbocycles. The number of oxime groups is 1. The van der Waals surface area contributed by atoms with Crippen LogP contribution in [0.2, 0.25) is 5.02 Å². The molecule has 0 unspecified atom stereocenters. The number of hydrogen-bond acceptors (Lipinski definition) is 8. The van der Waals surface area contributed by atoms with Crippen LogP contribution in [0.15, 0.2) is 53.9 Å². The van der Waals surface area contributed by atoms with Crippen molar-refractivity contribution in [2.45, 2.75) is 136 Å². The highest BCUT2D eigenvalue weighted by atomic mass is 35.5. The number of aromatic nitrogens is 1. The van der Waals surface area contributed by atoms with E-state index in [-0.39, 0.29) is 49.7 Å². The fraction of sp³-hybridized carbons (Fsp3) is 0.605. The van der Waals surface area contributed by atoms with Gasteiger partial charge >= 0.3 is 0 Å². The van der Waals surface area contributed by atoms with Gasteiger partial charge in [0.1, 0.15) is 5.78 Å². The van der Waals surface area contributed by atoms with E-state index in [4.69, 9.17) is 16.4 Å². The lowest BCUT2D eigenvalue weighted by Crippen LogP contribution is -2.48. The van der Waals surface area contributed by atoms with Crippen molar-refractivity contribution in [2.75, 3.05) is 6.54 Å². The Morgan fingerprint density at radius 1 is 1.04 bits per heavy atom. The molecule has 5 rings (SSSR count). The molecule has 9 nitrogen and oxygen atoms in total. The second-order valence-corrected chi connectivity index (χ2v) is 17.1. The van der Waals surface area contributed by atoms with Gasteiger partial charge in [0.05, 0.1) is 18.3 Å². The van der Waals surface area contributed by atoms with Crippen molar-refractivity contribution in [3.05, 3.63) is 64.9 Å². The van der Waals surface area contributed by atoms with E-state index in [1.807, 2.05) is 58.0 Å². The molecule has 1 aliphatic carbocycles. The second kappa shape index (κ2) is 18.1. The molecule has 4 atom stereocenters. The molecular weight excluding hydrogens is 690 g/mol. The number of benzene rings is 1. The predicted molar refractivity (Wildman–Crippen MR) is 206 cm³/mol. The smallest absolute Gasteiger partial charge is 0.227 e. The average Bonchev–Trinajstić information content (AvgIpc) is 3.73. The van der Waals surface area contributed by atoms with Gasteiger partial charge in [0, 0.05) is 73.3 Å². The van der Waals surface area contributed by atoms with Gasteiger partial charge in [-0.3, -0.25) is 29.0 Å². The molecule has 3 aliphatic rings. The number of amides is 1. The van der Waals surface area contributed by atoms with Crippen molar-refractivity contribution in [1.29, 1.82) is 0 Å². The van der Waals surface area contributed by atoms with Crippen LogP contribution in [-0.2, 0) is 35.2 Å². The van der Waals surface area contributed by atoms with Crippen LogP contribution in [0.3, 0.4) is 0 Å². The van der Waals surface area contributed by atoms with Crippen LogP contribution in [0.25, 0.3) is 0 Å². The maximum absolute atomic E-state index is 14.7. The van der Waals surface area contributed by atoms with E-state index in [0.717, 1.165) is 36.8 Å². The molecule has 2 aromatic rings. The molecule has 0 radical (unpaired) electrons. The number of likely N-dealkylation sites (tertiary alicyclic amines) is 1. The monoisotopic (exact) mass is 745 g/mol. The second-order valence-electron chi connectivity index (χ2n) is 16.7. The molecule has 0 bridgehead atoms. The fourth-order valence-electron chi connectivity index (χ4n) is 8.40. The fourth-order valence-corrected chi connectivity index (χ4v) is 8.59. The molecule has 0 N–H and O–H groups in total. The minimum absolute atomic E-state index is 0.0845. The molecule has 10 heteroatoms. The standard InChI is InChI=1S/C43H56ClN3O6/c1-5-12-32(40(51)38(49)19-9-15-30-16-11-20-45-27-30)23-39(50)37-26-43(25-36(46-53-43)31-17-10-18-33(44)22-31)28-47(37)41(52)35(42(2,3)4)24-34(48)21-29-13-7-6-8-14-29/h10-11,16-18,20,22,27,29,32,35,37H,5-9,12-15,19,21,23-26,28H2,1-4H3/t32-,35-,37+,43-/m1/s1. The molecule has 53 heavy (non-hydrogen) atoms. The number of rotatable bonds is 17. The number of nitrogens with zero attached hydrogens (tertiary/aromatic N) is 3. The van der Waals surface area contributed by atoms with Crippen molar-refractivity contribution in [3.63, 3.8) is 0 Å². The zero-order valence-corrected chi connectivity index (χ0v) is 32.7. The van der Waals surface area contributed by atoms with Gasteiger partial charge in [-0.05, 0) is 54.4 Å². The van der Waals surface area contributed by atoms with Crippen LogP contribution < -0.4 is 0 Å². The molecule has 286 valence electrons. The summed E-state index contributed by atoms with van der Waals surface area (Å²) in [5.74, 6) is -2.50. The van der Waals surface area contributed by atoms with Gasteiger partial charge < -0.3 is 9.74 Å². The number of carbonyl (C=O) groups is 5.